The Morgan fingerprint density at radius 1 is 1.47 bits per heavy atom. The van der Waals surface area contributed by atoms with Gasteiger partial charge in [-0.3, -0.25) is 4.21 Å². The Morgan fingerprint density at radius 3 is 2.76 bits per heavy atom. The largest absolute Gasteiger partial charge is 0.313 e. The van der Waals surface area contributed by atoms with Crippen LogP contribution >= 0.6 is 0 Å². The van der Waals surface area contributed by atoms with Crippen LogP contribution in [0.4, 0.5) is 4.39 Å². The van der Waals surface area contributed by atoms with Gasteiger partial charge in [0.2, 0.25) is 0 Å². The second kappa shape index (κ2) is 6.87. The summed E-state index contributed by atoms with van der Waals surface area (Å²) in [6.07, 6.45) is 2.62. The minimum atomic E-state index is -0.755. The smallest absolute Gasteiger partial charge is 0.126 e. The average Bonchev–Trinajstić information content (AvgIpc) is 2.28. The molecule has 96 valence electrons. The Labute approximate surface area is 105 Å². The number of nitrogens with one attached hydrogen (secondary N) is 1. The zero-order chi connectivity index (χ0) is 12.8. The highest BCUT2D eigenvalue weighted by atomic mass is 32.2. The molecule has 0 heterocycles. The summed E-state index contributed by atoms with van der Waals surface area (Å²) in [5, 5.41) is 3.50. The van der Waals surface area contributed by atoms with Crippen molar-refractivity contribution in [2.75, 3.05) is 12.8 Å². The summed E-state index contributed by atoms with van der Waals surface area (Å²) < 4.78 is 24.2. The van der Waals surface area contributed by atoms with Crippen LogP contribution in [0.2, 0.25) is 0 Å². The first-order chi connectivity index (χ1) is 8.00. The minimum absolute atomic E-state index is 0.163. The van der Waals surface area contributed by atoms with Gasteiger partial charge in [-0.05, 0) is 37.1 Å². The van der Waals surface area contributed by atoms with E-state index in [9.17, 15) is 8.60 Å². The number of aryl methyl sites for hydroxylation is 1. The van der Waals surface area contributed by atoms with Gasteiger partial charge in [0.1, 0.15) is 5.82 Å². The zero-order valence-electron chi connectivity index (χ0n) is 10.6. The first kappa shape index (κ1) is 14.3. The molecule has 2 nitrogen and oxygen atoms in total. The van der Waals surface area contributed by atoms with Gasteiger partial charge in [-0.15, -0.1) is 0 Å². The molecule has 0 amide bonds. The topological polar surface area (TPSA) is 29.1 Å². The van der Waals surface area contributed by atoms with Gasteiger partial charge < -0.3 is 5.32 Å². The SMILES string of the molecule is Cc1cc(CNCCC(C)S(C)=O)ccc1F. The third kappa shape index (κ3) is 4.96. The zero-order valence-corrected chi connectivity index (χ0v) is 11.4. The molecule has 17 heavy (non-hydrogen) atoms. The van der Waals surface area contributed by atoms with Crippen molar-refractivity contribution in [3.8, 4) is 0 Å². The molecule has 0 fully saturated rings. The Kier molecular flexibility index (Phi) is 5.78. The fraction of sp³-hybridized carbons (Fsp3) is 0.538. The molecule has 0 spiro atoms. The van der Waals surface area contributed by atoms with Crippen LogP contribution in [-0.4, -0.2) is 22.3 Å². The van der Waals surface area contributed by atoms with E-state index in [1.165, 1.54) is 6.07 Å². The molecule has 0 saturated carbocycles. The van der Waals surface area contributed by atoms with Crippen LogP contribution in [0.25, 0.3) is 0 Å². The van der Waals surface area contributed by atoms with Crippen molar-refractivity contribution in [1.82, 2.24) is 5.32 Å². The van der Waals surface area contributed by atoms with Crippen LogP contribution in [-0.2, 0) is 17.3 Å². The fourth-order valence-corrected chi connectivity index (χ4v) is 1.97. The van der Waals surface area contributed by atoms with Gasteiger partial charge in [-0.2, -0.15) is 0 Å². The maximum atomic E-state index is 13.0. The van der Waals surface area contributed by atoms with Crippen molar-refractivity contribution in [2.45, 2.75) is 32.1 Å². The Hall–Kier alpha value is -0.740. The molecule has 1 aromatic carbocycles. The molecule has 4 heteroatoms. The summed E-state index contributed by atoms with van der Waals surface area (Å²) in [5.74, 6) is -0.163. The Morgan fingerprint density at radius 2 is 2.18 bits per heavy atom. The standard InChI is InChI=1S/C13H20FNOS/c1-10-8-12(4-5-13(10)14)9-15-7-6-11(2)17(3)16/h4-5,8,11,15H,6-7,9H2,1-3H3. The van der Waals surface area contributed by atoms with E-state index in [1.807, 2.05) is 13.0 Å². The second-order valence-electron chi connectivity index (χ2n) is 4.36. The van der Waals surface area contributed by atoms with Gasteiger partial charge in [-0.25, -0.2) is 4.39 Å². The van der Waals surface area contributed by atoms with Gasteiger partial charge in [0, 0.05) is 28.9 Å². The Balaban J connectivity index is 2.31. The van der Waals surface area contributed by atoms with Crippen LogP contribution in [0.1, 0.15) is 24.5 Å². The highest BCUT2D eigenvalue weighted by Gasteiger charge is 2.05. The first-order valence-corrected chi connectivity index (χ1v) is 7.41. The van der Waals surface area contributed by atoms with E-state index in [0.29, 0.717) is 5.56 Å². The van der Waals surface area contributed by atoms with Crippen molar-refractivity contribution in [3.05, 3.63) is 35.1 Å². The van der Waals surface area contributed by atoms with Gasteiger partial charge in [0.05, 0.1) is 0 Å². The predicted molar refractivity (Wildman–Crippen MR) is 71.0 cm³/mol. The average molecular weight is 257 g/mol. The number of rotatable bonds is 6. The number of halogens is 1. The minimum Gasteiger partial charge on any atom is -0.313 e. The van der Waals surface area contributed by atoms with Crippen LogP contribution < -0.4 is 5.32 Å². The van der Waals surface area contributed by atoms with Crippen LogP contribution in [0, 0.1) is 12.7 Å². The molecule has 0 bridgehead atoms. The molecule has 1 rings (SSSR count). The molecule has 1 N–H and O–H groups in total. The van der Waals surface area contributed by atoms with Crippen LogP contribution in [0.15, 0.2) is 18.2 Å². The second-order valence-corrected chi connectivity index (χ2v) is 6.16. The van der Waals surface area contributed by atoms with Crippen LogP contribution in [0.5, 0.6) is 0 Å². The van der Waals surface area contributed by atoms with Crippen molar-refractivity contribution in [1.29, 1.82) is 0 Å². The van der Waals surface area contributed by atoms with Gasteiger partial charge in [-0.1, -0.05) is 19.1 Å². The lowest BCUT2D eigenvalue weighted by Gasteiger charge is -2.09. The lowest BCUT2D eigenvalue weighted by molar-refractivity contribution is 0.611. The highest BCUT2D eigenvalue weighted by molar-refractivity contribution is 7.84. The summed E-state index contributed by atoms with van der Waals surface area (Å²) in [6, 6.07) is 5.14. The van der Waals surface area contributed by atoms with E-state index >= 15 is 0 Å². The van der Waals surface area contributed by atoms with Crippen LogP contribution in [0.3, 0.4) is 0 Å². The normalized spacial score (nSPS) is 14.6. The van der Waals surface area contributed by atoms with E-state index in [2.05, 4.69) is 5.32 Å². The maximum Gasteiger partial charge on any atom is 0.126 e. The molecule has 0 radical (unpaired) electrons. The van der Waals surface area contributed by atoms with Crippen molar-refractivity contribution >= 4 is 10.8 Å². The van der Waals surface area contributed by atoms with Crippen molar-refractivity contribution < 1.29 is 8.60 Å². The predicted octanol–water partition coefficient (Wildman–Crippen LogP) is 2.38. The molecule has 0 aromatic heterocycles. The lowest BCUT2D eigenvalue weighted by atomic mass is 10.1. The summed E-state index contributed by atoms with van der Waals surface area (Å²) in [4.78, 5) is 0. The number of hydrogen-bond donors (Lipinski definition) is 1. The van der Waals surface area contributed by atoms with Gasteiger partial charge in [0.25, 0.3) is 0 Å². The third-order valence-corrected chi connectivity index (χ3v) is 4.21. The summed E-state index contributed by atoms with van der Waals surface area (Å²) in [7, 11) is -0.755. The molecule has 0 saturated heterocycles. The number of benzene rings is 1. The molecule has 2 atom stereocenters. The maximum absolute atomic E-state index is 13.0. The van der Waals surface area contributed by atoms with Gasteiger partial charge in [0.15, 0.2) is 0 Å². The molecule has 0 aliphatic rings. The fourth-order valence-electron chi connectivity index (χ4n) is 1.52. The molecule has 0 aliphatic heterocycles. The molecule has 2 unspecified atom stereocenters. The van der Waals surface area contributed by atoms with E-state index in [0.717, 1.165) is 25.1 Å². The van der Waals surface area contributed by atoms with E-state index < -0.39 is 10.8 Å². The van der Waals surface area contributed by atoms with E-state index in [1.54, 1.807) is 19.2 Å². The van der Waals surface area contributed by atoms with Crippen molar-refractivity contribution in [2.24, 2.45) is 0 Å². The lowest BCUT2D eigenvalue weighted by Crippen LogP contribution is -2.21. The Bertz CT molecular complexity index is 395. The van der Waals surface area contributed by atoms with E-state index in [-0.39, 0.29) is 11.1 Å². The summed E-state index contributed by atoms with van der Waals surface area (Å²) in [5.41, 5.74) is 1.75. The third-order valence-electron chi connectivity index (χ3n) is 2.85. The monoisotopic (exact) mass is 257 g/mol. The van der Waals surface area contributed by atoms with Gasteiger partial charge >= 0.3 is 0 Å². The summed E-state index contributed by atoms with van der Waals surface area (Å²) >= 11 is 0. The molecular formula is C13H20FNOS. The molecular weight excluding hydrogens is 237 g/mol. The van der Waals surface area contributed by atoms with Crippen molar-refractivity contribution in [3.63, 3.8) is 0 Å². The summed E-state index contributed by atoms with van der Waals surface area (Å²) in [6.45, 7) is 5.31. The number of hydrogen-bond acceptors (Lipinski definition) is 2. The highest BCUT2D eigenvalue weighted by Crippen LogP contribution is 2.09. The molecule has 1 aromatic rings. The van der Waals surface area contributed by atoms with E-state index in [4.69, 9.17) is 0 Å². The molecule has 0 aliphatic carbocycles. The first-order valence-electron chi connectivity index (χ1n) is 5.78. The quantitative estimate of drug-likeness (QED) is 0.793.